The fourth-order valence-corrected chi connectivity index (χ4v) is 5.86. The van der Waals surface area contributed by atoms with E-state index in [1.165, 1.54) is 0 Å². The third-order valence-corrected chi connectivity index (χ3v) is 8.08. The Hall–Kier alpha value is -4.66. The van der Waals surface area contributed by atoms with Crippen LogP contribution in [-0.2, 0) is 16.0 Å². The lowest BCUT2D eigenvalue weighted by molar-refractivity contribution is -0.127. The van der Waals surface area contributed by atoms with E-state index in [4.69, 9.17) is 18.9 Å². The standard InChI is InChI=1S/C34H39N3O6/c1-40-26-18-25(19-27(20-26)41-2)37(32(38)17-23-21-35-29-13-9-8-12-28(23)29)33(34(39)36-24-10-6-5-7-11-24)22-14-15-30(42-3)31(16-22)43-4/h8-9,12-16,18-21,24,33,35H,5-7,10-11,17H2,1-4H3,(H,36,39). The van der Waals surface area contributed by atoms with E-state index in [1.807, 2.05) is 30.5 Å². The SMILES string of the molecule is COc1cc(OC)cc(N(C(=O)Cc2c[nH]c3ccccc23)C(C(=O)NC2CCCCC2)c2ccc(OC)c(OC)c2)c1. The van der Waals surface area contributed by atoms with E-state index in [2.05, 4.69) is 10.3 Å². The lowest BCUT2D eigenvalue weighted by Gasteiger charge is -2.34. The minimum atomic E-state index is -1.02. The van der Waals surface area contributed by atoms with Gasteiger partial charge in [-0.25, -0.2) is 0 Å². The number of nitrogens with one attached hydrogen (secondary N) is 2. The van der Waals surface area contributed by atoms with Gasteiger partial charge in [0.15, 0.2) is 11.5 Å². The maximum absolute atomic E-state index is 14.5. The average molecular weight is 586 g/mol. The van der Waals surface area contributed by atoms with Crippen LogP contribution in [0.5, 0.6) is 23.0 Å². The van der Waals surface area contributed by atoms with Crippen LogP contribution >= 0.6 is 0 Å². The molecule has 1 saturated carbocycles. The normalized spacial score (nSPS) is 14.1. The monoisotopic (exact) mass is 585 g/mol. The van der Waals surface area contributed by atoms with Gasteiger partial charge in [-0.2, -0.15) is 0 Å². The third kappa shape index (κ3) is 6.56. The molecule has 9 nitrogen and oxygen atoms in total. The zero-order valence-corrected chi connectivity index (χ0v) is 25.1. The maximum atomic E-state index is 14.5. The lowest BCUT2D eigenvalue weighted by atomic mass is 9.94. The number of H-pyrrole nitrogens is 1. The van der Waals surface area contributed by atoms with Gasteiger partial charge in [0.05, 0.1) is 40.5 Å². The number of anilines is 1. The van der Waals surface area contributed by atoms with E-state index >= 15 is 0 Å². The summed E-state index contributed by atoms with van der Waals surface area (Å²) in [4.78, 5) is 33.7. The number of aromatic nitrogens is 1. The molecule has 2 amide bonds. The van der Waals surface area contributed by atoms with Crippen molar-refractivity contribution in [3.63, 3.8) is 0 Å². The largest absolute Gasteiger partial charge is 0.497 e. The molecular formula is C34H39N3O6. The molecule has 1 heterocycles. The molecule has 0 saturated heterocycles. The average Bonchev–Trinajstić information content (AvgIpc) is 3.45. The van der Waals surface area contributed by atoms with E-state index in [1.54, 1.807) is 69.7 Å². The minimum Gasteiger partial charge on any atom is -0.497 e. The van der Waals surface area contributed by atoms with Crippen LogP contribution in [0.25, 0.3) is 10.9 Å². The van der Waals surface area contributed by atoms with Crippen molar-refractivity contribution in [2.75, 3.05) is 33.3 Å². The Morgan fingerprint density at radius 1 is 0.860 bits per heavy atom. The van der Waals surface area contributed by atoms with Gasteiger partial charge < -0.3 is 29.2 Å². The summed E-state index contributed by atoms with van der Waals surface area (Å²) in [5, 5.41) is 4.21. The Morgan fingerprint density at radius 2 is 1.56 bits per heavy atom. The second kappa shape index (κ2) is 13.5. The molecule has 4 aromatic rings. The first-order valence-electron chi connectivity index (χ1n) is 14.6. The highest BCUT2D eigenvalue weighted by molar-refractivity contribution is 6.03. The molecule has 2 N–H and O–H groups in total. The van der Waals surface area contributed by atoms with Crippen LogP contribution in [0.3, 0.4) is 0 Å². The van der Waals surface area contributed by atoms with Crippen molar-refractivity contribution < 1.29 is 28.5 Å². The molecule has 1 aromatic heterocycles. The number of benzene rings is 3. The van der Waals surface area contributed by atoms with Gasteiger partial charge in [0.1, 0.15) is 17.5 Å². The van der Waals surface area contributed by atoms with Gasteiger partial charge in [-0.15, -0.1) is 0 Å². The first kappa shape index (κ1) is 29.8. The second-order valence-electron chi connectivity index (χ2n) is 10.7. The van der Waals surface area contributed by atoms with Crippen molar-refractivity contribution in [1.82, 2.24) is 10.3 Å². The number of nitrogens with zero attached hydrogens (tertiary/aromatic N) is 1. The summed E-state index contributed by atoms with van der Waals surface area (Å²) in [6, 6.07) is 17.4. The maximum Gasteiger partial charge on any atom is 0.248 e. The summed E-state index contributed by atoms with van der Waals surface area (Å²) >= 11 is 0. The van der Waals surface area contributed by atoms with E-state index in [-0.39, 0.29) is 24.3 Å². The molecule has 0 aliphatic heterocycles. The Kier molecular flexibility index (Phi) is 9.39. The fourth-order valence-electron chi connectivity index (χ4n) is 5.86. The van der Waals surface area contributed by atoms with Crippen molar-refractivity contribution in [2.45, 2.75) is 50.6 Å². The molecule has 1 fully saturated rings. The third-order valence-electron chi connectivity index (χ3n) is 8.08. The van der Waals surface area contributed by atoms with Crippen molar-refractivity contribution in [1.29, 1.82) is 0 Å². The number of hydrogen-bond acceptors (Lipinski definition) is 6. The number of ether oxygens (including phenoxy) is 4. The van der Waals surface area contributed by atoms with Crippen LogP contribution in [0, 0.1) is 0 Å². The van der Waals surface area contributed by atoms with Gasteiger partial charge in [0, 0.05) is 41.3 Å². The van der Waals surface area contributed by atoms with E-state index in [0.29, 0.717) is 34.2 Å². The van der Waals surface area contributed by atoms with Crippen LogP contribution in [0.15, 0.2) is 66.9 Å². The highest BCUT2D eigenvalue weighted by Gasteiger charge is 2.35. The Morgan fingerprint density at radius 3 is 2.23 bits per heavy atom. The number of hydrogen-bond donors (Lipinski definition) is 2. The Bertz CT molecular complexity index is 1550. The van der Waals surface area contributed by atoms with Crippen LogP contribution in [0.4, 0.5) is 5.69 Å². The highest BCUT2D eigenvalue weighted by Crippen LogP contribution is 2.38. The lowest BCUT2D eigenvalue weighted by Crippen LogP contribution is -2.47. The van der Waals surface area contributed by atoms with Crippen LogP contribution in [-0.4, -0.2) is 51.3 Å². The van der Waals surface area contributed by atoms with Crippen molar-refractivity contribution in [3.05, 3.63) is 78.0 Å². The summed E-state index contributed by atoms with van der Waals surface area (Å²) in [5.41, 5.74) is 2.82. The number of carbonyl (C=O) groups excluding carboxylic acids is 2. The fraction of sp³-hybridized carbons (Fsp3) is 0.353. The van der Waals surface area contributed by atoms with Crippen LogP contribution < -0.4 is 29.2 Å². The molecule has 3 aromatic carbocycles. The number of methoxy groups -OCH3 is 4. The molecule has 43 heavy (non-hydrogen) atoms. The first-order chi connectivity index (χ1) is 20.9. The molecule has 226 valence electrons. The molecule has 5 rings (SSSR count). The predicted molar refractivity (Wildman–Crippen MR) is 166 cm³/mol. The zero-order chi connectivity index (χ0) is 30.3. The highest BCUT2D eigenvalue weighted by atomic mass is 16.5. The van der Waals surface area contributed by atoms with E-state index in [0.717, 1.165) is 48.6 Å². The molecule has 1 atom stereocenters. The van der Waals surface area contributed by atoms with E-state index in [9.17, 15) is 9.59 Å². The molecule has 9 heteroatoms. The Labute approximate surface area is 252 Å². The van der Waals surface area contributed by atoms with Crippen LogP contribution in [0.1, 0.15) is 49.3 Å². The summed E-state index contributed by atoms with van der Waals surface area (Å²) in [7, 11) is 6.21. The molecule has 1 unspecified atom stereocenters. The van der Waals surface area contributed by atoms with Crippen LogP contribution in [0.2, 0.25) is 0 Å². The minimum absolute atomic E-state index is 0.0364. The molecule has 0 radical (unpaired) electrons. The van der Waals surface area contributed by atoms with Crippen molar-refractivity contribution in [2.24, 2.45) is 0 Å². The van der Waals surface area contributed by atoms with Gasteiger partial charge in [0.25, 0.3) is 0 Å². The number of fused-ring (bicyclic) bond motifs is 1. The smallest absolute Gasteiger partial charge is 0.248 e. The number of amides is 2. The zero-order valence-electron chi connectivity index (χ0n) is 25.1. The summed E-state index contributed by atoms with van der Waals surface area (Å²) < 4.78 is 22.2. The second-order valence-corrected chi connectivity index (χ2v) is 10.7. The van der Waals surface area contributed by atoms with Crippen molar-refractivity contribution >= 4 is 28.4 Å². The first-order valence-corrected chi connectivity index (χ1v) is 14.6. The van der Waals surface area contributed by atoms with Gasteiger partial charge in [-0.1, -0.05) is 43.5 Å². The number of rotatable bonds is 11. The summed E-state index contributed by atoms with van der Waals surface area (Å²) in [5.74, 6) is 1.45. The topological polar surface area (TPSA) is 102 Å². The summed E-state index contributed by atoms with van der Waals surface area (Å²) in [6.07, 6.45) is 6.99. The van der Waals surface area contributed by atoms with Gasteiger partial charge in [0.2, 0.25) is 11.8 Å². The van der Waals surface area contributed by atoms with Gasteiger partial charge >= 0.3 is 0 Å². The van der Waals surface area contributed by atoms with E-state index < -0.39 is 6.04 Å². The summed E-state index contributed by atoms with van der Waals surface area (Å²) in [6.45, 7) is 0. The van der Waals surface area contributed by atoms with Crippen molar-refractivity contribution in [3.8, 4) is 23.0 Å². The number of para-hydroxylation sites is 1. The quantitative estimate of drug-likeness (QED) is 0.225. The Balaban J connectivity index is 1.65. The molecule has 1 aliphatic rings. The van der Waals surface area contributed by atoms with Gasteiger partial charge in [-0.3, -0.25) is 14.5 Å². The molecular weight excluding hydrogens is 546 g/mol. The molecule has 0 bridgehead atoms. The predicted octanol–water partition coefficient (Wildman–Crippen LogP) is 5.97. The number of carbonyl (C=O) groups is 2. The number of aromatic amines is 1. The molecule has 1 aliphatic carbocycles. The van der Waals surface area contributed by atoms with Gasteiger partial charge in [-0.05, 0) is 42.2 Å². The molecule has 0 spiro atoms.